The van der Waals surface area contributed by atoms with E-state index in [1.165, 1.54) is 0 Å². The smallest absolute Gasteiger partial charge is 0.152 e. The van der Waals surface area contributed by atoms with Crippen LogP contribution in [-0.4, -0.2) is 12.2 Å². The minimum absolute atomic E-state index is 0.119. The maximum absolute atomic E-state index is 9.55. The van der Waals surface area contributed by atoms with Gasteiger partial charge in [-0.3, -0.25) is 0 Å². The summed E-state index contributed by atoms with van der Waals surface area (Å²) < 4.78 is 7.18. The Labute approximate surface area is 149 Å². The molecule has 3 nitrogen and oxygen atoms in total. The minimum Gasteiger partial charge on any atom is -0.505 e. The van der Waals surface area contributed by atoms with E-state index < -0.39 is 0 Å². The lowest BCUT2D eigenvalue weighted by Gasteiger charge is -2.13. The molecule has 7 heteroatoms. The van der Waals surface area contributed by atoms with E-state index >= 15 is 0 Å². The molecule has 0 spiro atoms. The third-order valence-corrected chi connectivity index (χ3v) is 4.41. The molecule has 2 aromatic rings. The second-order valence-corrected chi connectivity index (χ2v) is 6.81. The van der Waals surface area contributed by atoms with Crippen molar-refractivity contribution in [1.29, 1.82) is 0 Å². The fraction of sp³-hybridized carbons (Fsp3) is 0.143. The monoisotopic (exact) mass is 453 g/mol. The second kappa shape index (κ2) is 7.09. The molecule has 0 atom stereocenters. The van der Waals surface area contributed by atoms with Gasteiger partial charge in [-0.2, -0.15) is 0 Å². The van der Waals surface area contributed by atoms with Crippen molar-refractivity contribution in [3.05, 3.63) is 48.8 Å². The Morgan fingerprint density at radius 1 is 1.14 bits per heavy atom. The Morgan fingerprint density at radius 3 is 2.33 bits per heavy atom. The molecule has 0 saturated carbocycles. The molecule has 112 valence electrons. The van der Waals surface area contributed by atoms with Crippen molar-refractivity contribution >= 4 is 60.7 Å². The van der Waals surface area contributed by atoms with E-state index in [4.69, 9.17) is 27.9 Å². The van der Waals surface area contributed by atoms with Crippen LogP contribution < -0.4 is 10.1 Å². The summed E-state index contributed by atoms with van der Waals surface area (Å²) in [5.74, 6) is 0.633. The number of aromatic hydroxyl groups is 1. The third-order valence-electron chi connectivity index (χ3n) is 2.79. The van der Waals surface area contributed by atoms with Gasteiger partial charge in [-0.15, -0.1) is 0 Å². The van der Waals surface area contributed by atoms with Gasteiger partial charge in [0.1, 0.15) is 5.75 Å². The zero-order valence-electron chi connectivity index (χ0n) is 10.9. The summed E-state index contributed by atoms with van der Waals surface area (Å²) in [6.07, 6.45) is 0. The van der Waals surface area contributed by atoms with Crippen LogP contribution in [0.5, 0.6) is 11.5 Å². The van der Waals surface area contributed by atoms with Crippen molar-refractivity contribution in [2.24, 2.45) is 0 Å². The van der Waals surface area contributed by atoms with E-state index in [-0.39, 0.29) is 15.8 Å². The first-order valence-corrected chi connectivity index (χ1v) is 8.20. The average molecular weight is 456 g/mol. The summed E-state index contributed by atoms with van der Waals surface area (Å²) >= 11 is 18.7. The van der Waals surface area contributed by atoms with E-state index in [0.717, 1.165) is 20.3 Å². The van der Waals surface area contributed by atoms with Crippen LogP contribution in [0.2, 0.25) is 10.0 Å². The molecule has 0 aliphatic rings. The molecule has 2 N–H and O–H groups in total. The first-order chi connectivity index (χ1) is 9.92. The zero-order chi connectivity index (χ0) is 15.6. The molecule has 0 amide bonds. The van der Waals surface area contributed by atoms with Crippen molar-refractivity contribution in [1.82, 2.24) is 0 Å². The van der Waals surface area contributed by atoms with Crippen molar-refractivity contribution < 1.29 is 9.84 Å². The molecule has 0 bridgehead atoms. The molecular weight excluding hydrogens is 445 g/mol. The van der Waals surface area contributed by atoms with Gasteiger partial charge in [0.25, 0.3) is 0 Å². The highest BCUT2D eigenvalue weighted by atomic mass is 79.9. The van der Waals surface area contributed by atoms with Crippen molar-refractivity contribution in [3.63, 3.8) is 0 Å². The molecule has 0 aliphatic heterocycles. The number of rotatable bonds is 4. The first-order valence-electron chi connectivity index (χ1n) is 5.86. The second-order valence-electron chi connectivity index (χ2n) is 4.22. The van der Waals surface area contributed by atoms with E-state index in [9.17, 15) is 5.11 Å². The maximum Gasteiger partial charge on any atom is 0.152 e. The molecule has 0 saturated heterocycles. The lowest BCUT2D eigenvalue weighted by Crippen LogP contribution is -2.02. The SMILES string of the molecule is COc1c(Br)cc(Br)cc1CNc1cc(Cl)c(O)c(Cl)c1. The van der Waals surface area contributed by atoms with E-state index in [2.05, 4.69) is 37.2 Å². The Hall–Kier alpha value is -0.620. The molecule has 0 fully saturated rings. The van der Waals surface area contributed by atoms with Gasteiger partial charge in [0.2, 0.25) is 0 Å². The van der Waals surface area contributed by atoms with Crippen LogP contribution in [0.15, 0.2) is 33.2 Å². The van der Waals surface area contributed by atoms with Gasteiger partial charge < -0.3 is 15.2 Å². The fourth-order valence-electron chi connectivity index (χ4n) is 1.84. The van der Waals surface area contributed by atoms with Crippen LogP contribution in [0.25, 0.3) is 0 Å². The molecule has 0 radical (unpaired) electrons. The zero-order valence-corrected chi connectivity index (χ0v) is 15.6. The Balaban J connectivity index is 2.24. The summed E-state index contributed by atoms with van der Waals surface area (Å²) in [4.78, 5) is 0. The number of hydrogen-bond acceptors (Lipinski definition) is 3. The predicted octanol–water partition coefficient (Wildman–Crippen LogP) is 5.84. The molecule has 0 heterocycles. The van der Waals surface area contributed by atoms with Gasteiger partial charge in [0, 0.05) is 22.3 Å². The number of phenolic OH excluding ortho intramolecular Hbond substituents is 1. The van der Waals surface area contributed by atoms with Gasteiger partial charge in [0.05, 0.1) is 21.6 Å². The van der Waals surface area contributed by atoms with Gasteiger partial charge >= 0.3 is 0 Å². The molecule has 2 rings (SSSR count). The summed E-state index contributed by atoms with van der Waals surface area (Å²) in [7, 11) is 1.62. The van der Waals surface area contributed by atoms with Crippen LogP contribution in [0.3, 0.4) is 0 Å². The van der Waals surface area contributed by atoms with Crippen LogP contribution in [-0.2, 0) is 6.54 Å². The summed E-state index contributed by atoms with van der Waals surface area (Å²) in [5.41, 5.74) is 1.67. The number of ether oxygens (including phenoxy) is 1. The molecule has 0 unspecified atom stereocenters. The van der Waals surface area contributed by atoms with Gasteiger partial charge in [-0.1, -0.05) is 39.1 Å². The number of phenols is 1. The number of anilines is 1. The van der Waals surface area contributed by atoms with Crippen molar-refractivity contribution in [3.8, 4) is 11.5 Å². The van der Waals surface area contributed by atoms with Gasteiger partial charge in [-0.05, 0) is 40.2 Å². The number of nitrogens with one attached hydrogen (secondary N) is 1. The molecule has 21 heavy (non-hydrogen) atoms. The Kier molecular flexibility index (Phi) is 5.66. The topological polar surface area (TPSA) is 41.5 Å². The lowest BCUT2D eigenvalue weighted by molar-refractivity contribution is 0.407. The van der Waals surface area contributed by atoms with E-state index in [1.54, 1.807) is 19.2 Å². The number of hydrogen-bond donors (Lipinski definition) is 2. The largest absolute Gasteiger partial charge is 0.505 e. The number of halogens is 4. The number of methoxy groups -OCH3 is 1. The van der Waals surface area contributed by atoms with Crippen molar-refractivity contribution in [2.75, 3.05) is 12.4 Å². The summed E-state index contributed by atoms with van der Waals surface area (Å²) in [6.45, 7) is 0.513. The highest BCUT2D eigenvalue weighted by Gasteiger charge is 2.11. The number of benzene rings is 2. The lowest BCUT2D eigenvalue weighted by atomic mass is 10.2. The van der Waals surface area contributed by atoms with Crippen LogP contribution in [0.1, 0.15) is 5.56 Å². The normalized spacial score (nSPS) is 10.5. The van der Waals surface area contributed by atoms with E-state index in [1.807, 2.05) is 12.1 Å². The maximum atomic E-state index is 9.55. The summed E-state index contributed by atoms with van der Waals surface area (Å²) in [5, 5.41) is 13.1. The third kappa shape index (κ3) is 3.97. The highest BCUT2D eigenvalue weighted by molar-refractivity contribution is 9.11. The van der Waals surface area contributed by atoms with Gasteiger partial charge in [0.15, 0.2) is 5.75 Å². The van der Waals surface area contributed by atoms with E-state index in [0.29, 0.717) is 12.2 Å². The van der Waals surface area contributed by atoms with Crippen LogP contribution in [0, 0.1) is 0 Å². The Morgan fingerprint density at radius 2 is 1.76 bits per heavy atom. The van der Waals surface area contributed by atoms with Gasteiger partial charge in [-0.25, -0.2) is 0 Å². The first kappa shape index (κ1) is 16.7. The van der Waals surface area contributed by atoms with Crippen LogP contribution in [0.4, 0.5) is 5.69 Å². The quantitative estimate of drug-likeness (QED) is 0.568. The molecule has 0 aromatic heterocycles. The fourth-order valence-corrected chi connectivity index (χ4v) is 3.80. The highest BCUT2D eigenvalue weighted by Crippen LogP contribution is 2.36. The molecule has 2 aromatic carbocycles. The Bertz CT molecular complexity index is 657. The molecular formula is C14H11Br2Cl2NO2. The average Bonchev–Trinajstić information content (AvgIpc) is 2.41. The standard InChI is InChI=1S/C14H11Br2Cl2NO2/c1-21-14-7(2-8(15)3-10(14)16)6-19-9-4-11(17)13(20)12(18)5-9/h2-5,19-20H,6H2,1H3. The molecule has 0 aliphatic carbocycles. The van der Waals surface area contributed by atoms with Crippen molar-refractivity contribution in [2.45, 2.75) is 6.54 Å². The summed E-state index contributed by atoms with van der Waals surface area (Å²) in [6, 6.07) is 7.10. The minimum atomic E-state index is -0.119. The van der Waals surface area contributed by atoms with Crippen LogP contribution >= 0.6 is 55.1 Å². The predicted molar refractivity (Wildman–Crippen MR) is 93.8 cm³/mol.